The number of anilines is 1. The van der Waals surface area contributed by atoms with Crippen LogP contribution in [0.25, 0.3) is 11.0 Å². The van der Waals surface area contributed by atoms with Crippen LogP contribution in [0.1, 0.15) is 16.7 Å². The Kier molecular flexibility index (Phi) is 6.47. The van der Waals surface area contributed by atoms with E-state index in [9.17, 15) is 8.42 Å². The molecule has 0 amide bonds. The lowest BCUT2D eigenvalue weighted by Crippen LogP contribution is -2.10. The summed E-state index contributed by atoms with van der Waals surface area (Å²) in [4.78, 5) is 8.30. The first-order chi connectivity index (χ1) is 15.2. The van der Waals surface area contributed by atoms with E-state index >= 15 is 0 Å². The highest BCUT2D eigenvalue weighted by Crippen LogP contribution is 2.23. The summed E-state index contributed by atoms with van der Waals surface area (Å²) in [6, 6.07) is 12.4. The summed E-state index contributed by atoms with van der Waals surface area (Å²) < 4.78 is 32.6. The van der Waals surface area contributed by atoms with Gasteiger partial charge in [-0.3, -0.25) is 4.18 Å². The highest BCUT2D eigenvalue weighted by molar-refractivity contribution is 9.10. The van der Waals surface area contributed by atoms with Crippen molar-refractivity contribution in [1.82, 2.24) is 19.7 Å². The molecule has 4 rings (SSSR count). The quantitative estimate of drug-likeness (QED) is 0.279. The van der Waals surface area contributed by atoms with Crippen LogP contribution in [0.5, 0.6) is 0 Å². The van der Waals surface area contributed by atoms with Crippen LogP contribution >= 0.6 is 27.5 Å². The average molecular weight is 537 g/mol. The lowest BCUT2D eigenvalue weighted by molar-refractivity contribution is 0.322. The lowest BCUT2D eigenvalue weighted by atomic mass is 10.1. The molecule has 11 heteroatoms. The van der Waals surface area contributed by atoms with Crippen LogP contribution in [-0.4, -0.2) is 34.8 Å². The van der Waals surface area contributed by atoms with Crippen molar-refractivity contribution in [2.75, 3.05) is 12.3 Å². The van der Waals surface area contributed by atoms with Gasteiger partial charge in [-0.1, -0.05) is 45.8 Å². The minimum absolute atomic E-state index is 0.0162. The number of hydrogen-bond donors (Lipinski definition) is 1. The maximum absolute atomic E-state index is 12.4. The fourth-order valence-electron chi connectivity index (χ4n) is 3.19. The Morgan fingerprint density at radius 3 is 2.66 bits per heavy atom. The van der Waals surface area contributed by atoms with E-state index < -0.39 is 10.1 Å². The molecule has 0 radical (unpaired) electrons. The standard InChI is InChI=1S/C21H19BrClN5O3S/c1-13-2-5-16(6-3-13)32(29,30)31-9-8-15-10-14(4-7-18(15)22)12-28-20-17(11-25-28)19(24)26-21(23)27-20/h2-7,10-11H,8-9,12H2,1H3,(H2,24,26,27). The Bertz CT molecular complexity index is 1390. The summed E-state index contributed by atoms with van der Waals surface area (Å²) in [5.74, 6) is 0.273. The van der Waals surface area contributed by atoms with Gasteiger partial charge in [0, 0.05) is 4.47 Å². The van der Waals surface area contributed by atoms with Gasteiger partial charge in [-0.25, -0.2) is 9.67 Å². The minimum atomic E-state index is -3.81. The second-order valence-electron chi connectivity index (χ2n) is 7.18. The molecule has 0 aliphatic rings. The van der Waals surface area contributed by atoms with Gasteiger partial charge in [-0.15, -0.1) is 0 Å². The van der Waals surface area contributed by atoms with Crippen LogP contribution in [0.4, 0.5) is 5.82 Å². The van der Waals surface area contributed by atoms with E-state index in [-0.39, 0.29) is 22.6 Å². The van der Waals surface area contributed by atoms with Gasteiger partial charge >= 0.3 is 0 Å². The average Bonchev–Trinajstić information content (AvgIpc) is 3.13. The van der Waals surface area contributed by atoms with Gasteiger partial charge in [0.25, 0.3) is 10.1 Å². The number of fused-ring (bicyclic) bond motifs is 1. The molecule has 2 aromatic carbocycles. The summed E-state index contributed by atoms with van der Waals surface area (Å²) in [6.45, 7) is 2.34. The topological polar surface area (TPSA) is 113 Å². The van der Waals surface area contributed by atoms with Crippen molar-refractivity contribution < 1.29 is 12.6 Å². The first-order valence-corrected chi connectivity index (χ1v) is 12.2. The molecule has 0 bridgehead atoms. The van der Waals surface area contributed by atoms with Crippen LogP contribution in [0.15, 0.2) is 58.0 Å². The number of halogens is 2. The zero-order valence-electron chi connectivity index (χ0n) is 17.0. The fraction of sp³-hybridized carbons (Fsp3) is 0.190. The van der Waals surface area contributed by atoms with Gasteiger partial charge in [0.1, 0.15) is 5.82 Å². The maximum atomic E-state index is 12.4. The second kappa shape index (κ2) is 9.14. The van der Waals surface area contributed by atoms with Crippen molar-refractivity contribution in [2.45, 2.75) is 24.8 Å². The van der Waals surface area contributed by atoms with E-state index in [1.165, 1.54) is 12.1 Å². The molecule has 2 N–H and O–H groups in total. The number of benzene rings is 2. The first-order valence-electron chi connectivity index (χ1n) is 9.61. The third-order valence-corrected chi connectivity index (χ3v) is 7.13. The monoisotopic (exact) mass is 535 g/mol. The third kappa shape index (κ3) is 4.93. The van der Waals surface area contributed by atoms with Crippen molar-refractivity contribution >= 4 is 54.5 Å². The first kappa shape index (κ1) is 22.7. The van der Waals surface area contributed by atoms with E-state index in [0.717, 1.165) is 21.2 Å². The van der Waals surface area contributed by atoms with Gasteiger partial charge in [-0.05, 0) is 54.3 Å². The predicted molar refractivity (Wildman–Crippen MR) is 126 cm³/mol. The van der Waals surface area contributed by atoms with E-state index in [2.05, 4.69) is 31.0 Å². The Hall–Kier alpha value is -2.53. The lowest BCUT2D eigenvalue weighted by Gasteiger charge is -2.10. The molecule has 0 saturated carbocycles. The van der Waals surface area contributed by atoms with Crippen molar-refractivity contribution in [2.24, 2.45) is 0 Å². The smallest absolute Gasteiger partial charge is 0.296 e. The van der Waals surface area contributed by atoms with Gasteiger partial charge < -0.3 is 5.73 Å². The van der Waals surface area contributed by atoms with Gasteiger partial charge in [0.2, 0.25) is 5.28 Å². The molecule has 0 saturated heterocycles. The normalized spacial score (nSPS) is 11.8. The number of rotatable bonds is 7. The third-order valence-electron chi connectivity index (χ3n) is 4.86. The van der Waals surface area contributed by atoms with Crippen LogP contribution in [-0.2, 0) is 27.3 Å². The number of aromatic nitrogens is 4. The molecule has 32 heavy (non-hydrogen) atoms. The molecule has 4 aromatic rings. The van der Waals surface area contributed by atoms with E-state index in [4.69, 9.17) is 21.5 Å². The summed E-state index contributed by atoms with van der Waals surface area (Å²) in [5, 5.41) is 5.02. The van der Waals surface area contributed by atoms with Crippen LogP contribution in [0.3, 0.4) is 0 Å². The van der Waals surface area contributed by atoms with Crippen LogP contribution in [0.2, 0.25) is 5.28 Å². The number of aryl methyl sites for hydroxylation is 1. The highest BCUT2D eigenvalue weighted by atomic mass is 79.9. The summed E-state index contributed by atoms with van der Waals surface area (Å²) in [6.07, 6.45) is 2.00. The van der Waals surface area contributed by atoms with Gasteiger partial charge in [0.15, 0.2) is 5.65 Å². The summed E-state index contributed by atoms with van der Waals surface area (Å²) >= 11 is 9.45. The van der Waals surface area contributed by atoms with Gasteiger partial charge in [0.05, 0.1) is 29.6 Å². The molecule has 0 unspecified atom stereocenters. The Labute approximate surface area is 198 Å². The SMILES string of the molecule is Cc1ccc(S(=O)(=O)OCCc2cc(Cn3ncc4c(N)nc(Cl)nc43)ccc2Br)cc1. The largest absolute Gasteiger partial charge is 0.383 e. The molecule has 0 atom stereocenters. The molecule has 0 spiro atoms. The zero-order chi connectivity index (χ0) is 22.9. The fourth-order valence-corrected chi connectivity index (χ4v) is 4.71. The molecule has 0 fully saturated rings. The number of nitrogens with two attached hydrogens (primary N) is 1. The van der Waals surface area contributed by atoms with E-state index in [1.807, 2.05) is 25.1 Å². The van der Waals surface area contributed by atoms with Gasteiger partial charge in [-0.2, -0.15) is 18.5 Å². The maximum Gasteiger partial charge on any atom is 0.296 e. The molecule has 166 valence electrons. The minimum Gasteiger partial charge on any atom is -0.383 e. The Morgan fingerprint density at radius 1 is 1.16 bits per heavy atom. The van der Waals surface area contributed by atoms with E-state index in [0.29, 0.717) is 24.0 Å². The van der Waals surface area contributed by atoms with Crippen molar-refractivity contribution in [3.63, 3.8) is 0 Å². The van der Waals surface area contributed by atoms with Crippen molar-refractivity contribution in [3.8, 4) is 0 Å². The Morgan fingerprint density at radius 2 is 1.91 bits per heavy atom. The number of hydrogen-bond acceptors (Lipinski definition) is 7. The van der Waals surface area contributed by atoms with Crippen molar-refractivity contribution in [1.29, 1.82) is 0 Å². The van der Waals surface area contributed by atoms with Crippen LogP contribution < -0.4 is 5.73 Å². The zero-order valence-corrected chi connectivity index (χ0v) is 20.2. The molecule has 0 aliphatic heterocycles. The summed E-state index contributed by atoms with van der Waals surface area (Å²) in [7, 11) is -3.81. The summed E-state index contributed by atoms with van der Waals surface area (Å²) in [5.41, 5.74) is 9.26. The molecule has 2 aromatic heterocycles. The van der Waals surface area contributed by atoms with E-state index in [1.54, 1.807) is 23.0 Å². The molecule has 8 nitrogen and oxygen atoms in total. The molecule has 0 aliphatic carbocycles. The molecule has 2 heterocycles. The predicted octanol–water partition coefficient (Wildman–Crippen LogP) is 4.13. The molecular weight excluding hydrogens is 518 g/mol. The van der Waals surface area contributed by atoms with Crippen molar-refractivity contribution in [3.05, 3.63) is 75.1 Å². The highest BCUT2D eigenvalue weighted by Gasteiger charge is 2.16. The Balaban J connectivity index is 1.48. The second-order valence-corrected chi connectivity index (χ2v) is 9.99. The number of nitrogen functional groups attached to an aromatic ring is 1. The molecular formula is C21H19BrClN5O3S. The number of nitrogens with zero attached hydrogens (tertiary/aromatic N) is 4. The van der Waals surface area contributed by atoms with Crippen LogP contribution in [0, 0.1) is 6.92 Å².